The minimum atomic E-state index is -0.385. The monoisotopic (exact) mass is 199 g/mol. The summed E-state index contributed by atoms with van der Waals surface area (Å²) in [5.41, 5.74) is 0.0104. The molecule has 0 bridgehead atoms. The van der Waals surface area contributed by atoms with Crippen molar-refractivity contribution in [2.45, 2.75) is 27.2 Å². The van der Waals surface area contributed by atoms with Gasteiger partial charge in [0.05, 0.1) is 6.54 Å². The van der Waals surface area contributed by atoms with Gasteiger partial charge in [-0.15, -0.1) is 5.11 Å². The first-order valence-corrected chi connectivity index (χ1v) is 4.75. The molecule has 1 amide bonds. The van der Waals surface area contributed by atoms with Crippen molar-refractivity contribution in [2.24, 2.45) is 10.2 Å². The van der Waals surface area contributed by atoms with Crippen molar-refractivity contribution in [3.63, 3.8) is 0 Å². The number of nitrogens with zero attached hydrogens (tertiary/aromatic N) is 2. The highest BCUT2D eigenvalue weighted by molar-refractivity contribution is 5.93. The Morgan fingerprint density at radius 3 is 2.43 bits per heavy atom. The molecule has 0 fully saturated rings. The van der Waals surface area contributed by atoms with Crippen LogP contribution in [0, 0.1) is 0 Å². The van der Waals surface area contributed by atoms with Gasteiger partial charge in [0, 0.05) is 13.0 Å². The molecule has 0 heterocycles. The maximum absolute atomic E-state index is 11.4. The lowest BCUT2D eigenvalue weighted by molar-refractivity contribution is -0.117. The van der Waals surface area contributed by atoms with Crippen molar-refractivity contribution >= 4 is 5.91 Å². The van der Waals surface area contributed by atoms with Crippen molar-refractivity contribution in [1.82, 2.24) is 5.32 Å². The second-order valence-corrected chi connectivity index (χ2v) is 2.57. The van der Waals surface area contributed by atoms with Gasteiger partial charge in [0.25, 0.3) is 5.91 Å². The standard InChI is InChI=1S/C9H17N3O2/c1-4-7(13)8(12-11-6-3)9(14)10-5-2/h13H,4-6H2,1-3H3,(H,10,14). The van der Waals surface area contributed by atoms with Crippen LogP contribution in [0.25, 0.3) is 0 Å². The molecule has 2 N–H and O–H groups in total. The summed E-state index contributed by atoms with van der Waals surface area (Å²) in [6.45, 7) is 6.34. The third kappa shape index (κ3) is 4.02. The fourth-order valence-corrected chi connectivity index (χ4v) is 0.787. The Hall–Kier alpha value is -1.39. The molecule has 0 aliphatic heterocycles. The predicted octanol–water partition coefficient (Wildman–Crippen LogP) is 1.77. The number of aliphatic hydroxyl groups excluding tert-OH is 1. The van der Waals surface area contributed by atoms with Gasteiger partial charge in [0.2, 0.25) is 0 Å². The number of likely N-dealkylation sites (N-methyl/N-ethyl adjacent to an activating group) is 1. The van der Waals surface area contributed by atoms with Crippen molar-refractivity contribution < 1.29 is 9.90 Å². The quantitative estimate of drug-likeness (QED) is 0.402. The summed E-state index contributed by atoms with van der Waals surface area (Å²) in [5.74, 6) is -0.419. The fourth-order valence-electron chi connectivity index (χ4n) is 0.787. The number of amides is 1. The molecule has 14 heavy (non-hydrogen) atoms. The van der Waals surface area contributed by atoms with Crippen LogP contribution in [0.4, 0.5) is 0 Å². The zero-order valence-electron chi connectivity index (χ0n) is 8.87. The molecule has 0 aromatic heterocycles. The lowest BCUT2D eigenvalue weighted by Crippen LogP contribution is -2.24. The number of carbonyl (C=O) groups is 1. The summed E-state index contributed by atoms with van der Waals surface area (Å²) in [6, 6.07) is 0. The SMILES string of the molecule is CCN=NC(C(=O)NCC)=C(O)CC. The van der Waals surface area contributed by atoms with Crippen LogP contribution in [-0.2, 0) is 4.79 Å². The van der Waals surface area contributed by atoms with Crippen molar-refractivity contribution in [3.8, 4) is 0 Å². The number of hydrogen-bond acceptors (Lipinski definition) is 4. The van der Waals surface area contributed by atoms with E-state index in [9.17, 15) is 9.90 Å². The van der Waals surface area contributed by atoms with Crippen LogP contribution in [-0.4, -0.2) is 24.1 Å². The molecule has 0 unspecified atom stereocenters. The molecule has 0 aliphatic rings. The number of nitrogens with one attached hydrogen (secondary N) is 1. The van der Waals surface area contributed by atoms with E-state index >= 15 is 0 Å². The molecule has 0 radical (unpaired) electrons. The molecule has 0 atom stereocenters. The third-order valence-corrected chi connectivity index (χ3v) is 1.47. The molecule has 0 saturated carbocycles. The van der Waals surface area contributed by atoms with E-state index in [1.54, 1.807) is 13.8 Å². The van der Waals surface area contributed by atoms with E-state index in [1.807, 2.05) is 6.92 Å². The maximum Gasteiger partial charge on any atom is 0.275 e. The fraction of sp³-hybridized carbons (Fsp3) is 0.667. The molecule has 0 aromatic rings. The Morgan fingerprint density at radius 1 is 1.36 bits per heavy atom. The molecule has 0 aliphatic carbocycles. The minimum absolute atomic E-state index is 0.0104. The largest absolute Gasteiger partial charge is 0.510 e. The van der Waals surface area contributed by atoms with Gasteiger partial charge >= 0.3 is 0 Å². The van der Waals surface area contributed by atoms with Crippen molar-refractivity contribution in [1.29, 1.82) is 0 Å². The van der Waals surface area contributed by atoms with Crippen LogP contribution in [0.5, 0.6) is 0 Å². The summed E-state index contributed by atoms with van der Waals surface area (Å²) in [7, 11) is 0. The molecular weight excluding hydrogens is 182 g/mol. The van der Waals surface area contributed by atoms with Crippen LogP contribution in [0.2, 0.25) is 0 Å². The Labute approximate surface area is 83.9 Å². The van der Waals surface area contributed by atoms with Gasteiger partial charge in [-0.2, -0.15) is 5.11 Å². The Balaban J connectivity index is 4.73. The first kappa shape index (κ1) is 12.6. The highest BCUT2D eigenvalue weighted by Gasteiger charge is 2.12. The Kier molecular flexibility index (Phi) is 6.36. The van der Waals surface area contributed by atoms with Gasteiger partial charge in [-0.05, 0) is 13.8 Å². The number of hydrogen-bond donors (Lipinski definition) is 2. The van der Waals surface area contributed by atoms with E-state index in [-0.39, 0.29) is 17.4 Å². The smallest absolute Gasteiger partial charge is 0.275 e. The summed E-state index contributed by atoms with van der Waals surface area (Å²) in [4.78, 5) is 11.4. The van der Waals surface area contributed by atoms with E-state index in [2.05, 4.69) is 15.5 Å². The van der Waals surface area contributed by atoms with E-state index in [0.717, 1.165) is 0 Å². The maximum atomic E-state index is 11.4. The lowest BCUT2D eigenvalue weighted by atomic mass is 10.3. The van der Waals surface area contributed by atoms with Crippen LogP contribution < -0.4 is 5.32 Å². The number of aliphatic hydroxyl groups is 1. The van der Waals surface area contributed by atoms with E-state index in [1.165, 1.54) is 0 Å². The number of azo groups is 1. The predicted molar refractivity (Wildman–Crippen MR) is 54.0 cm³/mol. The van der Waals surface area contributed by atoms with Crippen LogP contribution in [0.1, 0.15) is 27.2 Å². The zero-order chi connectivity index (χ0) is 11.0. The van der Waals surface area contributed by atoms with Gasteiger partial charge in [0.15, 0.2) is 5.70 Å². The summed E-state index contributed by atoms with van der Waals surface area (Å²) >= 11 is 0. The minimum Gasteiger partial charge on any atom is -0.510 e. The summed E-state index contributed by atoms with van der Waals surface area (Å²) in [5, 5.41) is 19.3. The van der Waals surface area contributed by atoms with Gasteiger partial charge in [0.1, 0.15) is 5.76 Å². The molecule has 0 rings (SSSR count). The number of carbonyl (C=O) groups excluding carboxylic acids is 1. The highest BCUT2D eigenvalue weighted by atomic mass is 16.3. The van der Waals surface area contributed by atoms with E-state index in [0.29, 0.717) is 19.5 Å². The molecule has 80 valence electrons. The van der Waals surface area contributed by atoms with Crippen molar-refractivity contribution in [2.75, 3.05) is 13.1 Å². The van der Waals surface area contributed by atoms with Crippen LogP contribution in [0.3, 0.4) is 0 Å². The summed E-state index contributed by atoms with van der Waals surface area (Å²) < 4.78 is 0. The topological polar surface area (TPSA) is 74.0 Å². The van der Waals surface area contributed by atoms with Crippen LogP contribution >= 0.6 is 0 Å². The Morgan fingerprint density at radius 2 is 2.00 bits per heavy atom. The molecule has 0 spiro atoms. The molecule has 0 aromatic carbocycles. The van der Waals surface area contributed by atoms with Gasteiger partial charge in [-0.1, -0.05) is 6.92 Å². The van der Waals surface area contributed by atoms with Gasteiger partial charge in [-0.25, -0.2) is 0 Å². The lowest BCUT2D eigenvalue weighted by Gasteiger charge is -2.03. The van der Waals surface area contributed by atoms with Crippen molar-refractivity contribution in [3.05, 3.63) is 11.5 Å². The average Bonchev–Trinajstić information content (AvgIpc) is 2.18. The molecule has 0 saturated heterocycles. The van der Waals surface area contributed by atoms with Crippen LogP contribution in [0.15, 0.2) is 21.7 Å². The normalized spacial score (nSPS) is 12.8. The molecule has 5 nitrogen and oxygen atoms in total. The van der Waals surface area contributed by atoms with Gasteiger partial charge in [-0.3, -0.25) is 4.79 Å². The number of rotatable bonds is 5. The number of allylic oxidation sites excluding steroid dienone is 1. The van der Waals surface area contributed by atoms with E-state index in [4.69, 9.17) is 0 Å². The van der Waals surface area contributed by atoms with E-state index < -0.39 is 0 Å². The second kappa shape index (κ2) is 7.06. The first-order chi connectivity index (χ1) is 6.67. The Bertz CT molecular complexity index is 246. The van der Waals surface area contributed by atoms with Gasteiger partial charge < -0.3 is 10.4 Å². The second-order valence-electron chi connectivity index (χ2n) is 2.57. The zero-order valence-corrected chi connectivity index (χ0v) is 8.87. The first-order valence-electron chi connectivity index (χ1n) is 4.75. The molecule has 5 heteroatoms. The molecular formula is C9H17N3O2. The third-order valence-electron chi connectivity index (χ3n) is 1.47. The average molecular weight is 199 g/mol. The highest BCUT2D eigenvalue weighted by Crippen LogP contribution is 2.07. The summed E-state index contributed by atoms with van der Waals surface area (Å²) in [6.07, 6.45) is 0.370.